The van der Waals surface area contributed by atoms with Crippen LogP contribution in [0.2, 0.25) is 0 Å². The van der Waals surface area contributed by atoms with Crippen LogP contribution < -0.4 is 5.56 Å². The lowest BCUT2D eigenvalue weighted by molar-refractivity contribution is -0.137. The minimum atomic E-state index is -0.874. The molecule has 1 atom stereocenters. The third-order valence-electron chi connectivity index (χ3n) is 8.61. The number of pyridine rings is 1. The molecule has 0 bridgehead atoms. The second-order valence-electron chi connectivity index (χ2n) is 12.6. The Morgan fingerprint density at radius 2 is 1.77 bits per heavy atom. The smallest absolute Gasteiger partial charge is 0.407 e. The Hall–Kier alpha value is -2.87. The Morgan fingerprint density at radius 3 is 2.46 bits per heavy atom. The number of aromatic nitrogens is 1. The maximum absolute atomic E-state index is 13.8. The molecule has 1 aliphatic carbocycles. The van der Waals surface area contributed by atoms with Crippen LogP contribution >= 0.6 is 0 Å². The average molecular weight is 539 g/mol. The Labute approximate surface area is 232 Å². The van der Waals surface area contributed by atoms with Gasteiger partial charge in [0.15, 0.2) is 0 Å². The maximum atomic E-state index is 13.8. The van der Waals surface area contributed by atoms with Crippen LogP contribution in [-0.2, 0) is 18.4 Å². The highest BCUT2D eigenvalue weighted by Crippen LogP contribution is 2.27. The van der Waals surface area contributed by atoms with E-state index in [2.05, 4.69) is 4.90 Å². The zero-order valence-electron chi connectivity index (χ0n) is 24.2. The SMILES string of the molecule is Cn1c(=O)c(CN(CCN2CCCC(CN(C(=O)O)C(C)(C)C)C2)C(=O)C2CCCCC2)cc2ccccc21. The summed E-state index contributed by atoms with van der Waals surface area (Å²) in [6, 6.07) is 9.81. The van der Waals surface area contributed by atoms with E-state index >= 15 is 0 Å². The van der Waals surface area contributed by atoms with Crippen molar-refractivity contribution in [2.24, 2.45) is 18.9 Å². The molecule has 1 aromatic carbocycles. The van der Waals surface area contributed by atoms with Crippen molar-refractivity contribution in [2.45, 2.75) is 77.8 Å². The van der Waals surface area contributed by atoms with E-state index in [4.69, 9.17) is 0 Å². The third kappa shape index (κ3) is 7.21. The predicted molar refractivity (Wildman–Crippen MR) is 155 cm³/mol. The van der Waals surface area contributed by atoms with Gasteiger partial charge in [-0.15, -0.1) is 0 Å². The number of carbonyl (C=O) groups excluding carboxylic acids is 1. The summed E-state index contributed by atoms with van der Waals surface area (Å²) in [5.41, 5.74) is 1.05. The summed E-state index contributed by atoms with van der Waals surface area (Å²) in [4.78, 5) is 44.8. The quantitative estimate of drug-likeness (QED) is 0.515. The molecule has 1 aliphatic heterocycles. The lowest BCUT2D eigenvalue weighted by Crippen LogP contribution is -2.51. The van der Waals surface area contributed by atoms with Gasteiger partial charge in [0, 0.05) is 50.2 Å². The molecule has 4 rings (SSSR count). The molecule has 2 fully saturated rings. The van der Waals surface area contributed by atoms with Crippen molar-refractivity contribution in [1.29, 1.82) is 0 Å². The monoisotopic (exact) mass is 538 g/mol. The molecule has 8 heteroatoms. The Balaban J connectivity index is 1.49. The normalized spacial score (nSPS) is 19.2. The summed E-state index contributed by atoms with van der Waals surface area (Å²) in [5, 5.41) is 10.8. The van der Waals surface area contributed by atoms with Gasteiger partial charge in [-0.05, 0) is 76.4 Å². The van der Waals surface area contributed by atoms with E-state index in [1.807, 2.05) is 56.0 Å². The fourth-order valence-corrected chi connectivity index (χ4v) is 6.35. The summed E-state index contributed by atoms with van der Waals surface area (Å²) in [5.74, 6) is 0.473. The number of hydrogen-bond acceptors (Lipinski definition) is 4. The summed E-state index contributed by atoms with van der Waals surface area (Å²) in [6.45, 7) is 9.72. The van der Waals surface area contributed by atoms with Crippen molar-refractivity contribution in [3.8, 4) is 0 Å². The van der Waals surface area contributed by atoms with Crippen LogP contribution in [0, 0.1) is 11.8 Å². The number of carboxylic acid groups (broad SMARTS) is 1. The number of para-hydroxylation sites is 1. The Morgan fingerprint density at radius 1 is 1.05 bits per heavy atom. The second kappa shape index (κ2) is 12.5. The van der Waals surface area contributed by atoms with E-state index in [0.29, 0.717) is 25.2 Å². The number of likely N-dealkylation sites (tertiary alicyclic amines) is 1. The van der Waals surface area contributed by atoms with Gasteiger partial charge in [-0.25, -0.2) is 4.79 Å². The van der Waals surface area contributed by atoms with E-state index < -0.39 is 11.6 Å². The molecule has 1 saturated heterocycles. The second-order valence-corrected chi connectivity index (χ2v) is 12.6. The summed E-state index contributed by atoms with van der Waals surface area (Å²) < 4.78 is 1.69. The molecule has 1 aromatic heterocycles. The first-order valence-electron chi connectivity index (χ1n) is 14.6. The number of amides is 2. The number of aryl methyl sites for hydroxylation is 1. The van der Waals surface area contributed by atoms with Crippen LogP contribution in [0.15, 0.2) is 35.1 Å². The van der Waals surface area contributed by atoms with E-state index in [-0.39, 0.29) is 23.3 Å². The summed E-state index contributed by atoms with van der Waals surface area (Å²) >= 11 is 0. The van der Waals surface area contributed by atoms with Crippen molar-refractivity contribution >= 4 is 22.9 Å². The topological polar surface area (TPSA) is 86.1 Å². The van der Waals surface area contributed by atoms with Gasteiger partial charge in [0.1, 0.15) is 0 Å². The fraction of sp³-hybridized carbons (Fsp3) is 0.645. The molecule has 8 nitrogen and oxygen atoms in total. The van der Waals surface area contributed by atoms with E-state index in [1.165, 1.54) is 6.42 Å². The first-order valence-corrected chi connectivity index (χ1v) is 14.6. The number of benzene rings is 1. The molecular formula is C31H46N4O4. The largest absolute Gasteiger partial charge is 0.465 e. The van der Waals surface area contributed by atoms with Crippen LogP contribution in [0.25, 0.3) is 10.9 Å². The highest BCUT2D eigenvalue weighted by molar-refractivity contribution is 5.81. The van der Waals surface area contributed by atoms with E-state index in [1.54, 1.807) is 16.5 Å². The first-order chi connectivity index (χ1) is 18.5. The molecule has 2 amide bonds. The molecule has 1 N–H and O–H groups in total. The Bertz CT molecular complexity index is 1210. The molecular weight excluding hydrogens is 492 g/mol. The zero-order valence-corrected chi connectivity index (χ0v) is 24.2. The predicted octanol–water partition coefficient (Wildman–Crippen LogP) is 4.94. The number of fused-ring (bicyclic) bond motifs is 1. The first kappa shape index (κ1) is 29.1. The van der Waals surface area contributed by atoms with Crippen molar-refractivity contribution in [1.82, 2.24) is 19.3 Å². The molecule has 214 valence electrons. The number of rotatable bonds is 8. The number of hydrogen-bond donors (Lipinski definition) is 1. The zero-order chi connectivity index (χ0) is 28.2. The maximum Gasteiger partial charge on any atom is 0.407 e. The molecule has 1 saturated carbocycles. The molecule has 2 aromatic rings. The highest BCUT2D eigenvalue weighted by atomic mass is 16.4. The van der Waals surface area contributed by atoms with Crippen LogP contribution in [-0.4, -0.2) is 74.6 Å². The fourth-order valence-electron chi connectivity index (χ4n) is 6.35. The van der Waals surface area contributed by atoms with Gasteiger partial charge in [0.2, 0.25) is 5.91 Å². The van der Waals surface area contributed by atoms with Crippen LogP contribution in [0.3, 0.4) is 0 Å². The molecule has 2 heterocycles. The van der Waals surface area contributed by atoms with Gasteiger partial charge in [-0.1, -0.05) is 37.5 Å². The standard InChI is InChI=1S/C31H46N4O4/c1-31(2,3)35(30(38)39)21-23-11-10-16-33(20-23)17-18-34(29(37)24-12-6-5-7-13-24)22-26-19-25-14-8-9-15-27(25)32(4)28(26)36/h8-9,14-15,19,23-24H,5-7,10-13,16-18,20-22H2,1-4H3,(H,38,39). The van der Waals surface area contributed by atoms with Crippen LogP contribution in [0.5, 0.6) is 0 Å². The molecule has 0 spiro atoms. The summed E-state index contributed by atoms with van der Waals surface area (Å²) in [7, 11) is 1.80. The van der Waals surface area contributed by atoms with Gasteiger partial charge < -0.3 is 24.4 Å². The van der Waals surface area contributed by atoms with Gasteiger partial charge in [-0.2, -0.15) is 0 Å². The van der Waals surface area contributed by atoms with Crippen LogP contribution in [0.1, 0.15) is 71.3 Å². The van der Waals surface area contributed by atoms with Gasteiger partial charge in [-0.3, -0.25) is 9.59 Å². The molecule has 39 heavy (non-hydrogen) atoms. The highest BCUT2D eigenvalue weighted by Gasteiger charge is 2.32. The van der Waals surface area contributed by atoms with Crippen molar-refractivity contribution in [2.75, 3.05) is 32.7 Å². The third-order valence-corrected chi connectivity index (χ3v) is 8.61. The number of piperidine rings is 1. The van der Waals surface area contributed by atoms with E-state index in [0.717, 1.165) is 69.1 Å². The van der Waals surface area contributed by atoms with Crippen LogP contribution in [0.4, 0.5) is 4.79 Å². The number of nitrogens with zero attached hydrogens (tertiary/aromatic N) is 4. The van der Waals surface area contributed by atoms with Gasteiger partial charge in [0.25, 0.3) is 5.56 Å². The minimum Gasteiger partial charge on any atom is -0.465 e. The lowest BCUT2D eigenvalue weighted by atomic mass is 9.88. The molecule has 2 aliphatic rings. The van der Waals surface area contributed by atoms with Gasteiger partial charge in [0.05, 0.1) is 12.1 Å². The Kier molecular flexibility index (Phi) is 9.36. The van der Waals surface area contributed by atoms with Crippen molar-refractivity contribution < 1.29 is 14.7 Å². The van der Waals surface area contributed by atoms with Gasteiger partial charge >= 0.3 is 6.09 Å². The summed E-state index contributed by atoms with van der Waals surface area (Å²) in [6.07, 6.45) is 6.36. The molecule has 1 unspecified atom stereocenters. The number of carbonyl (C=O) groups is 2. The van der Waals surface area contributed by atoms with Crippen molar-refractivity contribution in [3.05, 3.63) is 46.2 Å². The van der Waals surface area contributed by atoms with E-state index in [9.17, 15) is 19.5 Å². The lowest BCUT2D eigenvalue weighted by Gasteiger charge is -2.40. The average Bonchev–Trinajstić information content (AvgIpc) is 2.92. The molecule has 0 radical (unpaired) electrons. The minimum absolute atomic E-state index is 0.0353. The van der Waals surface area contributed by atoms with Crippen molar-refractivity contribution in [3.63, 3.8) is 0 Å².